The lowest BCUT2D eigenvalue weighted by molar-refractivity contribution is 0.687. The van der Waals surface area contributed by atoms with E-state index >= 15 is 0 Å². The van der Waals surface area contributed by atoms with Crippen molar-refractivity contribution in [2.24, 2.45) is 7.05 Å². The summed E-state index contributed by atoms with van der Waals surface area (Å²) in [4.78, 5) is 5.42. The van der Waals surface area contributed by atoms with E-state index in [0.717, 1.165) is 27.2 Å². The van der Waals surface area contributed by atoms with Crippen LogP contribution in [-0.2, 0) is 13.6 Å². The Kier molecular flexibility index (Phi) is 3.82. The van der Waals surface area contributed by atoms with E-state index in [-0.39, 0.29) is 0 Å². The Balaban J connectivity index is 1.69. The molecule has 1 N–H and O–H groups in total. The van der Waals surface area contributed by atoms with E-state index in [9.17, 15) is 0 Å². The molecule has 0 radical (unpaired) electrons. The third-order valence-electron chi connectivity index (χ3n) is 3.17. The molecule has 1 aromatic heterocycles. The maximum Gasteiger partial charge on any atom is 0.172 e. The minimum absolute atomic E-state index is 0.706. The maximum atomic E-state index is 6.33. The number of nitrogens with zero attached hydrogens (tertiary/aromatic N) is 2. The zero-order valence-electron chi connectivity index (χ0n) is 10.8. The Hall–Kier alpha value is -0.970. The fourth-order valence-electron chi connectivity index (χ4n) is 1.83. The van der Waals surface area contributed by atoms with Crippen molar-refractivity contribution >= 4 is 23.4 Å². The number of hydrogen-bond acceptors (Lipinski definition) is 3. The molecule has 0 aliphatic heterocycles. The summed E-state index contributed by atoms with van der Waals surface area (Å²) in [5.74, 6) is 0. The summed E-state index contributed by atoms with van der Waals surface area (Å²) in [5.41, 5.74) is 1.16. The van der Waals surface area contributed by atoms with Crippen LogP contribution in [0.25, 0.3) is 0 Å². The summed E-state index contributed by atoms with van der Waals surface area (Å²) >= 11 is 7.96. The third-order valence-corrected chi connectivity index (χ3v) is 4.59. The molecule has 1 fully saturated rings. The highest BCUT2D eigenvalue weighted by molar-refractivity contribution is 7.99. The first-order valence-electron chi connectivity index (χ1n) is 6.39. The van der Waals surface area contributed by atoms with Crippen molar-refractivity contribution in [2.45, 2.75) is 35.5 Å². The van der Waals surface area contributed by atoms with E-state index in [2.05, 4.69) is 22.4 Å². The number of aromatic nitrogens is 2. The molecule has 5 heteroatoms. The van der Waals surface area contributed by atoms with Gasteiger partial charge < -0.3 is 9.88 Å². The molecular weight excluding hydrogens is 278 g/mol. The van der Waals surface area contributed by atoms with Crippen LogP contribution in [0.5, 0.6) is 0 Å². The first-order chi connectivity index (χ1) is 9.22. The number of imidazole rings is 1. The van der Waals surface area contributed by atoms with Crippen molar-refractivity contribution in [1.29, 1.82) is 0 Å². The fraction of sp³-hybridized carbons (Fsp3) is 0.357. The molecule has 1 aliphatic rings. The van der Waals surface area contributed by atoms with Gasteiger partial charge >= 0.3 is 0 Å². The molecule has 3 rings (SSSR count). The molecular formula is C14H16ClN3S. The molecule has 0 bridgehead atoms. The highest BCUT2D eigenvalue weighted by atomic mass is 35.5. The van der Waals surface area contributed by atoms with E-state index in [4.69, 9.17) is 11.6 Å². The minimum Gasteiger partial charge on any atom is -0.329 e. The summed E-state index contributed by atoms with van der Waals surface area (Å²) in [6, 6.07) is 6.93. The lowest BCUT2D eigenvalue weighted by Crippen LogP contribution is -2.15. The van der Waals surface area contributed by atoms with Crippen molar-refractivity contribution in [3.8, 4) is 0 Å². The number of aryl methyl sites for hydroxylation is 1. The van der Waals surface area contributed by atoms with E-state index < -0.39 is 0 Å². The zero-order chi connectivity index (χ0) is 13.2. The predicted molar refractivity (Wildman–Crippen MR) is 78.6 cm³/mol. The van der Waals surface area contributed by atoms with Crippen LogP contribution < -0.4 is 5.32 Å². The average molecular weight is 294 g/mol. The highest BCUT2D eigenvalue weighted by Crippen LogP contribution is 2.30. The third kappa shape index (κ3) is 3.32. The molecule has 100 valence electrons. The van der Waals surface area contributed by atoms with E-state index in [1.807, 2.05) is 23.9 Å². The normalized spacial score (nSPS) is 14.8. The molecule has 1 heterocycles. The van der Waals surface area contributed by atoms with Crippen LogP contribution in [0.2, 0.25) is 5.02 Å². The van der Waals surface area contributed by atoms with Crippen LogP contribution in [0, 0.1) is 0 Å². The highest BCUT2D eigenvalue weighted by Gasteiger charge is 2.20. The zero-order valence-corrected chi connectivity index (χ0v) is 12.3. The molecule has 0 unspecified atom stereocenters. The van der Waals surface area contributed by atoms with Gasteiger partial charge in [-0.15, -0.1) is 0 Å². The van der Waals surface area contributed by atoms with Crippen molar-refractivity contribution in [3.63, 3.8) is 0 Å². The molecule has 1 aromatic carbocycles. The fourth-order valence-corrected chi connectivity index (χ4v) is 2.99. The molecule has 2 aromatic rings. The van der Waals surface area contributed by atoms with Gasteiger partial charge in [0.15, 0.2) is 5.16 Å². The lowest BCUT2D eigenvalue weighted by atomic mass is 10.2. The van der Waals surface area contributed by atoms with Crippen LogP contribution in [0.1, 0.15) is 18.4 Å². The summed E-state index contributed by atoms with van der Waals surface area (Å²) in [6.45, 7) is 0.858. The Morgan fingerprint density at radius 2 is 2.32 bits per heavy atom. The molecule has 0 atom stereocenters. The monoisotopic (exact) mass is 293 g/mol. The SMILES string of the molecule is Cn1ccnc1Sc1ccc(CNC2CC2)c(Cl)c1. The van der Waals surface area contributed by atoms with Crippen LogP contribution >= 0.6 is 23.4 Å². The molecule has 0 spiro atoms. The lowest BCUT2D eigenvalue weighted by Gasteiger charge is -2.08. The quantitative estimate of drug-likeness (QED) is 0.915. The van der Waals surface area contributed by atoms with Gasteiger partial charge in [-0.25, -0.2) is 4.98 Å². The van der Waals surface area contributed by atoms with Gasteiger partial charge in [0.25, 0.3) is 0 Å². The van der Waals surface area contributed by atoms with Gasteiger partial charge in [-0.2, -0.15) is 0 Å². The molecule has 19 heavy (non-hydrogen) atoms. The number of halogens is 1. The largest absolute Gasteiger partial charge is 0.329 e. The number of rotatable bonds is 5. The van der Waals surface area contributed by atoms with Gasteiger partial charge in [0.1, 0.15) is 0 Å². The van der Waals surface area contributed by atoms with E-state index in [1.54, 1.807) is 18.0 Å². The van der Waals surface area contributed by atoms with Crippen molar-refractivity contribution < 1.29 is 0 Å². The van der Waals surface area contributed by atoms with Gasteiger partial charge in [-0.3, -0.25) is 0 Å². The first-order valence-corrected chi connectivity index (χ1v) is 7.59. The summed E-state index contributed by atoms with van der Waals surface area (Å²) in [5, 5.41) is 5.28. The van der Waals surface area contributed by atoms with Crippen LogP contribution in [0.15, 0.2) is 40.6 Å². The Morgan fingerprint density at radius 3 is 2.95 bits per heavy atom. The number of benzene rings is 1. The molecule has 0 saturated heterocycles. The van der Waals surface area contributed by atoms with Crippen molar-refractivity contribution in [1.82, 2.24) is 14.9 Å². The number of nitrogens with one attached hydrogen (secondary N) is 1. The summed E-state index contributed by atoms with van der Waals surface area (Å²) in [7, 11) is 1.99. The van der Waals surface area contributed by atoms with Gasteiger partial charge in [0, 0.05) is 41.9 Å². The Morgan fingerprint density at radius 1 is 1.47 bits per heavy atom. The Bertz CT molecular complexity index is 578. The number of hydrogen-bond donors (Lipinski definition) is 1. The first kappa shape index (κ1) is 13.0. The van der Waals surface area contributed by atoms with Gasteiger partial charge in [-0.1, -0.05) is 29.4 Å². The van der Waals surface area contributed by atoms with Crippen LogP contribution in [0.3, 0.4) is 0 Å². The summed E-state index contributed by atoms with van der Waals surface area (Å²) < 4.78 is 2.00. The van der Waals surface area contributed by atoms with E-state index in [0.29, 0.717) is 6.04 Å². The standard InChI is InChI=1S/C14H16ClN3S/c1-18-7-6-16-14(18)19-12-5-2-10(13(15)8-12)9-17-11-3-4-11/h2,5-8,11,17H,3-4,9H2,1H3. The topological polar surface area (TPSA) is 29.9 Å². The minimum atomic E-state index is 0.706. The van der Waals surface area contributed by atoms with Gasteiger partial charge in [-0.05, 0) is 30.5 Å². The molecule has 1 saturated carbocycles. The van der Waals surface area contributed by atoms with Crippen LogP contribution in [0.4, 0.5) is 0 Å². The predicted octanol–water partition coefficient (Wildman–Crippen LogP) is 3.48. The summed E-state index contributed by atoms with van der Waals surface area (Å²) in [6.07, 6.45) is 6.34. The van der Waals surface area contributed by atoms with Crippen LogP contribution in [-0.4, -0.2) is 15.6 Å². The Labute approximate surface area is 122 Å². The van der Waals surface area contributed by atoms with E-state index in [1.165, 1.54) is 12.8 Å². The maximum absolute atomic E-state index is 6.33. The van der Waals surface area contributed by atoms with Crippen molar-refractivity contribution in [2.75, 3.05) is 0 Å². The second-order valence-corrected chi connectivity index (χ2v) is 6.28. The molecule has 3 nitrogen and oxygen atoms in total. The molecule has 1 aliphatic carbocycles. The molecule has 0 amide bonds. The van der Waals surface area contributed by atoms with Gasteiger partial charge in [0.2, 0.25) is 0 Å². The average Bonchev–Trinajstić information content (AvgIpc) is 3.13. The van der Waals surface area contributed by atoms with Crippen molar-refractivity contribution in [3.05, 3.63) is 41.2 Å². The van der Waals surface area contributed by atoms with Gasteiger partial charge in [0.05, 0.1) is 0 Å². The second-order valence-electron chi connectivity index (χ2n) is 4.83. The second kappa shape index (κ2) is 5.57. The smallest absolute Gasteiger partial charge is 0.172 e.